The molecule has 0 amide bonds. The smallest absolute Gasteiger partial charge is 0.118 e. The van der Waals surface area contributed by atoms with Gasteiger partial charge in [0.1, 0.15) is 8.07 Å². The molecule has 200 valence electrons. The van der Waals surface area contributed by atoms with Gasteiger partial charge in [-0.25, -0.2) is 0 Å². The number of nitrogens with zero attached hydrogens (tertiary/aromatic N) is 1. The highest BCUT2D eigenvalue weighted by atomic mass is 32.1. The van der Waals surface area contributed by atoms with Crippen LogP contribution in [0, 0.1) is 20.8 Å². The van der Waals surface area contributed by atoms with E-state index in [1.165, 1.54) is 75.7 Å². The van der Waals surface area contributed by atoms with Gasteiger partial charge in [-0.15, -0.1) is 68.0 Å². The number of thiophene rings is 6. The second kappa shape index (κ2) is 7.80. The average Bonchev–Trinajstić information content (AvgIpc) is 3.75. The molecule has 0 bridgehead atoms. The van der Waals surface area contributed by atoms with Crippen LogP contribution in [0.5, 0.6) is 0 Å². The second-order valence-electron chi connectivity index (χ2n) is 11.9. The third-order valence-corrected chi connectivity index (χ3v) is 20.2. The van der Waals surface area contributed by atoms with Gasteiger partial charge in [-0.1, -0.05) is 30.8 Å². The minimum absolute atomic E-state index is 1.27. The first-order valence-electron chi connectivity index (χ1n) is 13.8. The maximum absolute atomic E-state index is 2.59. The molecule has 8 heteroatoms. The summed E-state index contributed by atoms with van der Waals surface area (Å²) in [5, 5.41) is 6.32. The molecule has 0 fully saturated rings. The van der Waals surface area contributed by atoms with Crippen molar-refractivity contribution in [3.63, 3.8) is 0 Å². The van der Waals surface area contributed by atoms with E-state index in [2.05, 4.69) is 87.0 Å². The number of hydrogen-bond acceptors (Lipinski definition) is 6. The van der Waals surface area contributed by atoms with E-state index in [1.54, 1.807) is 24.8 Å². The first-order chi connectivity index (χ1) is 19.8. The van der Waals surface area contributed by atoms with Crippen molar-refractivity contribution in [1.82, 2.24) is 4.57 Å². The van der Waals surface area contributed by atoms with E-state index < -0.39 is 8.07 Å². The van der Waals surface area contributed by atoms with Gasteiger partial charge in [0, 0.05) is 54.1 Å². The van der Waals surface area contributed by atoms with Crippen LogP contribution in [0.25, 0.3) is 74.8 Å². The van der Waals surface area contributed by atoms with Crippen molar-refractivity contribution in [3.8, 4) is 15.4 Å². The van der Waals surface area contributed by atoms with Gasteiger partial charge in [-0.05, 0) is 72.9 Å². The zero-order chi connectivity index (χ0) is 27.5. The van der Waals surface area contributed by atoms with Gasteiger partial charge in [0.2, 0.25) is 0 Å². The third-order valence-electron chi connectivity index (χ3n) is 8.82. The van der Waals surface area contributed by atoms with Crippen molar-refractivity contribution in [3.05, 3.63) is 63.8 Å². The van der Waals surface area contributed by atoms with Crippen LogP contribution in [-0.4, -0.2) is 12.6 Å². The van der Waals surface area contributed by atoms with Gasteiger partial charge < -0.3 is 4.57 Å². The van der Waals surface area contributed by atoms with E-state index in [9.17, 15) is 0 Å². The van der Waals surface area contributed by atoms with Gasteiger partial charge in [0.05, 0.1) is 25.1 Å². The van der Waals surface area contributed by atoms with Crippen LogP contribution in [-0.2, 0) is 0 Å². The Kier molecular flexibility index (Phi) is 4.60. The van der Waals surface area contributed by atoms with E-state index in [4.69, 9.17) is 0 Å². The molecule has 0 saturated carbocycles. The summed E-state index contributed by atoms with van der Waals surface area (Å²) in [4.78, 5) is 5.97. The van der Waals surface area contributed by atoms with Crippen molar-refractivity contribution >= 4 is 146 Å². The quantitative estimate of drug-likeness (QED) is 0.155. The van der Waals surface area contributed by atoms with Gasteiger partial charge in [0.15, 0.2) is 0 Å². The first-order valence-corrected chi connectivity index (χ1v) is 21.7. The van der Waals surface area contributed by atoms with Crippen molar-refractivity contribution < 1.29 is 0 Å². The number of aromatic nitrogens is 1. The fourth-order valence-electron chi connectivity index (χ4n) is 7.10. The summed E-state index contributed by atoms with van der Waals surface area (Å²) >= 11 is 12.0. The molecular weight excluding hydrogens is 631 g/mol. The topological polar surface area (TPSA) is 4.93 Å². The van der Waals surface area contributed by atoms with E-state index in [0.717, 1.165) is 0 Å². The molecule has 1 aliphatic heterocycles. The van der Waals surface area contributed by atoms with Gasteiger partial charge in [-0.3, -0.25) is 0 Å². The molecule has 8 heterocycles. The molecule has 2 aromatic carbocycles. The molecule has 41 heavy (non-hydrogen) atoms. The predicted octanol–water partition coefficient (Wildman–Crippen LogP) is 11.5. The average molecular weight is 654 g/mol. The van der Waals surface area contributed by atoms with Crippen molar-refractivity contribution in [2.75, 3.05) is 0 Å². The molecule has 0 saturated heterocycles. The minimum Gasteiger partial charge on any atom is -0.305 e. The fourth-order valence-corrected chi connectivity index (χ4v) is 20.9. The summed E-state index contributed by atoms with van der Waals surface area (Å²) in [5.41, 5.74) is 5.36. The molecule has 0 spiro atoms. The Morgan fingerprint density at radius 1 is 0.537 bits per heavy atom. The van der Waals surface area contributed by atoms with Gasteiger partial charge in [-0.2, -0.15) is 0 Å². The van der Waals surface area contributed by atoms with Crippen molar-refractivity contribution in [2.24, 2.45) is 0 Å². The van der Waals surface area contributed by atoms with E-state index >= 15 is 0 Å². The number of hydrogen-bond donors (Lipinski definition) is 0. The highest BCUT2D eigenvalue weighted by Crippen LogP contribution is 2.52. The van der Waals surface area contributed by atoms with Crippen LogP contribution < -0.4 is 10.4 Å². The number of fused-ring (bicyclic) bond motifs is 14. The molecule has 7 aromatic heterocycles. The first kappa shape index (κ1) is 24.2. The number of benzene rings is 2. The second-order valence-corrected chi connectivity index (χ2v) is 22.9. The molecular formula is C33H23NS6Si. The maximum atomic E-state index is 2.59. The molecule has 0 atom stereocenters. The Hall–Kier alpha value is -2.30. The van der Waals surface area contributed by atoms with Gasteiger partial charge in [0.25, 0.3) is 0 Å². The fraction of sp³-hybridized carbons (Fsp3) is 0.152. The van der Waals surface area contributed by atoms with Gasteiger partial charge >= 0.3 is 0 Å². The van der Waals surface area contributed by atoms with Crippen LogP contribution in [0.4, 0.5) is 0 Å². The summed E-state index contributed by atoms with van der Waals surface area (Å²) in [6.07, 6.45) is 0. The molecule has 0 N–H and O–H groups in total. The Morgan fingerprint density at radius 2 is 1.12 bits per heavy atom. The zero-order valence-electron chi connectivity index (χ0n) is 23.0. The highest BCUT2D eigenvalue weighted by molar-refractivity contribution is 7.39. The van der Waals surface area contributed by atoms with Crippen LogP contribution in [0.3, 0.4) is 0 Å². The largest absolute Gasteiger partial charge is 0.305 e. The lowest BCUT2D eigenvalue weighted by molar-refractivity contribution is 1.19. The molecule has 0 unspecified atom stereocenters. The lowest BCUT2D eigenvalue weighted by Crippen LogP contribution is -2.48. The maximum Gasteiger partial charge on any atom is 0.118 e. The Balaban J connectivity index is 1.32. The predicted molar refractivity (Wildman–Crippen MR) is 194 cm³/mol. The van der Waals surface area contributed by atoms with Crippen LogP contribution in [0.15, 0.2) is 48.5 Å². The Labute approximate surface area is 261 Å². The summed E-state index contributed by atoms with van der Waals surface area (Å²) in [6, 6.07) is 19.0. The van der Waals surface area contributed by atoms with E-state index in [1.807, 2.05) is 68.0 Å². The lowest BCUT2D eigenvalue weighted by Gasteiger charge is -2.18. The van der Waals surface area contributed by atoms with E-state index in [0.29, 0.717) is 0 Å². The summed E-state index contributed by atoms with van der Waals surface area (Å²) in [7, 11) is -1.80. The SMILES string of the molecule is Cc1ccc(-n2c3c4cc5sc6c(c5cc4sc3c3sc4cc(C)sc4c32)[Si](C)(C)c2c-6sc3cc(C)sc23)cc1. The lowest BCUT2D eigenvalue weighted by atomic mass is 10.2. The van der Waals surface area contributed by atoms with E-state index in [-0.39, 0.29) is 0 Å². The molecule has 1 aliphatic rings. The summed E-state index contributed by atoms with van der Waals surface area (Å²) < 4.78 is 14.3. The minimum atomic E-state index is -1.80. The summed E-state index contributed by atoms with van der Waals surface area (Å²) in [6.45, 7) is 11.9. The molecule has 0 radical (unpaired) electrons. The van der Waals surface area contributed by atoms with Crippen LogP contribution >= 0.6 is 68.0 Å². The van der Waals surface area contributed by atoms with Crippen LogP contribution in [0.2, 0.25) is 13.1 Å². The van der Waals surface area contributed by atoms with Crippen molar-refractivity contribution in [2.45, 2.75) is 33.9 Å². The normalized spacial score (nSPS) is 14.7. The van der Waals surface area contributed by atoms with Crippen molar-refractivity contribution in [1.29, 1.82) is 0 Å². The molecule has 1 nitrogen and oxygen atoms in total. The number of aryl methyl sites for hydroxylation is 3. The summed E-state index contributed by atoms with van der Waals surface area (Å²) in [5.74, 6) is 0. The molecule has 9 aromatic rings. The highest BCUT2D eigenvalue weighted by Gasteiger charge is 2.44. The third kappa shape index (κ3) is 2.95. The Bertz CT molecular complexity index is 2580. The standard InChI is InChI=1S/C33H23NS6Si/c1-14-6-8-17(9-7-14)34-24-18-12-21-19(13-20(18)37-28(24)29-25(34)26-22(39-29)10-15(2)35-26)32-30(38-21)31-33(41(32,4)5)27-23(40-31)11-16(3)36-27/h6-13H,1-5H3. The Morgan fingerprint density at radius 3 is 1.90 bits per heavy atom. The molecule has 10 rings (SSSR count). The number of rotatable bonds is 1. The van der Waals surface area contributed by atoms with Crippen LogP contribution in [0.1, 0.15) is 15.3 Å². The zero-order valence-corrected chi connectivity index (χ0v) is 28.9. The molecule has 0 aliphatic carbocycles. The monoisotopic (exact) mass is 653 g/mol.